The van der Waals surface area contributed by atoms with E-state index < -0.39 is 0 Å². The maximum absolute atomic E-state index is 8.76. The van der Waals surface area contributed by atoms with E-state index >= 15 is 0 Å². The Hall–Kier alpha value is -0.160. The molecule has 0 amide bonds. The molecule has 0 fully saturated rings. The molecule has 74 valence electrons. The monoisotopic (exact) mass is 176 g/mol. The van der Waals surface area contributed by atoms with E-state index in [1.54, 1.807) is 0 Å². The summed E-state index contributed by atoms with van der Waals surface area (Å²) in [4.78, 5) is 1.98. The standard InChI is InChI=1S/C8H20N2O2/c1-8(2,7-9)10(3-5-11)4-6-12/h11-12H,3-7,9H2,1-2H3. The Morgan fingerprint density at radius 3 is 1.83 bits per heavy atom. The number of aliphatic hydroxyl groups is 2. The molecule has 0 aromatic rings. The molecule has 0 bridgehead atoms. The van der Waals surface area contributed by atoms with Crippen molar-refractivity contribution >= 4 is 0 Å². The molecule has 0 aromatic carbocycles. The van der Waals surface area contributed by atoms with Gasteiger partial charge in [-0.1, -0.05) is 0 Å². The molecule has 0 saturated heterocycles. The quantitative estimate of drug-likeness (QED) is 0.486. The summed E-state index contributed by atoms with van der Waals surface area (Å²) in [5.74, 6) is 0. The molecular weight excluding hydrogens is 156 g/mol. The molecule has 4 heteroatoms. The molecule has 0 unspecified atom stereocenters. The first-order valence-electron chi connectivity index (χ1n) is 4.25. The molecule has 12 heavy (non-hydrogen) atoms. The Balaban J connectivity index is 4.07. The van der Waals surface area contributed by atoms with Gasteiger partial charge in [0.2, 0.25) is 0 Å². The number of nitrogens with two attached hydrogens (primary N) is 1. The predicted molar refractivity (Wildman–Crippen MR) is 48.9 cm³/mol. The van der Waals surface area contributed by atoms with Crippen LogP contribution < -0.4 is 5.73 Å². The highest BCUT2D eigenvalue weighted by Gasteiger charge is 2.23. The number of rotatable bonds is 6. The topological polar surface area (TPSA) is 69.7 Å². The van der Waals surface area contributed by atoms with Gasteiger partial charge in [-0.15, -0.1) is 0 Å². The van der Waals surface area contributed by atoms with Gasteiger partial charge >= 0.3 is 0 Å². The highest BCUT2D eigenvalue weighted by atomic mass is 16.3. The molecule has 0 spiro atoms. The second-order valence-corrected chi connectivity index (χ2v) is 3.45. The van der Waals surface area contributed by atoms with Crippen molar-refractivity contribution in [1.82, 2.24) is 4.90 Å². The first kappa shape index (κ1) is 11.8. The maximum atomic E-state index is 8.76. The summed E-state index contributed by atoms with van der Waals surface area (Å²) >= 11 is 0. The average Bonchev–Trinajstić information content (AvgIpc) is 2.04. The van der Waals surface area contributed by atoms with E-state index in [0.717, 1.165) is 0 Å². The van der Waals surface area contributed by atoms with Crippen LogP contribution in [0.25, 0.3) is 0 Å². The number of nitrogens with zero attached hydrogens (tertiary/aromatic N) is 1. The van der Waals surface area contributed by atoms with Gasteiger partial charge in [0.1, 0.15) is 0 Å². The minimum absolute atomic E-state index is 0.101. The third kappa shape index (κ3) is 3.49. The van der Waals surface area contributed by atoms with Gasteiger partial charge in [-0.25, -0.2) is 0 Å². The summed E-state index contributed by atoms with van der Waals surface area (Å²) in [6.07, 6.45) is 0. The molecule has 4 nitrogen and oxygen atoms in total. The summed E-state index contributed by atoms with van der Waals surface area (Å²) in [6, 6.07) is 0. The molecular formula is C8H20N2O2. The number of hydrogen-bond acceptors (Lipinski definition) is 4. The van der Waals surface area contributed by atoms with E-state index in [1.807, 2.05) is 18.7 Å². The van der Waals surface area contributed by atoms with Crippen LogP contribution in [0.2, 0.25) is 0 Å². The van der Waals surface area contributed by atoms with Crippen LogP contribution in [-0.2, 0) is 0 Å². The van der Waals surface area contributed by atoms with E-state index in [-0.39, 0.29) is 18.8 Å². The van der Waals surface area contributed by atoms with Crippen LogP contribution in [0, 0.1) is 0 Å². The van der Waals surface area contributed by atoms with Crippen molar-refractivity contribution in [2.24, 2.45) is 5.73 Å². The SMILES string of the molecule is CC(C)(CN)N(CCO)CCO. The van der Waals surface area contributed by atoms with Crippen LogP contribution in [0.3, 0.4) is 0 Å². The number of hydrogen-bond donors (Lipinski definition) is 3. The van der Waals surface area contributed by atoms with E-state index in [9.17, 15) is 0 Å². The molecule has 0 radical (unpaired) electrons. The summed E-state index contributed by atoms with van der Waals surface area (Å²) in [6.45, 7) is 5.84. The second-order valence-electron chi connectivity index (χ2n) is 3.45. The van der Waals surface area contributed by atoms with Gasteiger partial charge in [0.25, 0.3) is 0 Å². The number of aliphatic hydroxyl groups excluding tert-OH is 2. The van der Waals surface area contributed by atoms with Gasteiger partial charge < -0.3 is 15.9 Å². The Morgan fingerprint density at radius 2 is 1.58 bits per heavy atom. The van der Waals surface area contributed by atoms with E-state index in [2.05, 4.69) is 0 Å². The highest BCUT2D eigenvalue weighted by molar-refractivity contribution is 4.81. The third-order valence-electron chi connectivity index (χ3n) is 2.10. The van der Waals surface area contributed by atoms with Gasteiger partial charge in [-0.3, -0.25) is 4.90 Å². The largest absolute Gasteiger partial charge is 0.395 e. The first-order chi connectivity index (χ1) is 5.58. The molecule has 0 aliphatic rings. The summed E-state index contributed by atoms with van der Waals surface area (Å²) in [5.41, 5.74) is 5.42. The van der Waals surface area contributed by atoms with Crippen molar-refractivity contribution in [2.75, 3.05) is 32.8 Å². The zero-order valence-corrected chi connectivity index (χ0v) is 7.95. The normalized spacial score (nSPS) is 12.5. The smallest absolute Gasteiger partial charge is 0.0558 e. The predicted octanol–water partition coefficient (Wildman–Crippen LogP) is -0.990. The minimum Gasteiger partial charge on any atom is -0.395 e. The molecule has 0 aromatic heterocycles. The van der Waals surface area contributed by atoms with Crippen molar-refractivity contribution in [3.63, 3.8) is 0 Å². The van der Waals surface area contributed by atoms with E-state index in [0.29, 0.717) is 19.6 Å². The Labute approximate surface area is 74.0 Å². The summed E-state index contributed by atoms with van der Waals surface area (Å²) in [7, 11) is 0. The lowest BCUT2D eigenvalue weighted by Crippen LogP contribution is -2.51. The minimum atomic E-state index is -0.147. The van der Waals surface area contributed by atoms with E-state index in [1.165, 1.54) is 0 Å². The van der Waals surface area contributed by atoms with Crippen molar-refractivity contribution in [3.05, 3.63) is 0 Å². The Bertz CT molecular complexity index is 112. The van der Waals surface area contributed by atoms with Gasteiger partial charge in [0.15, 0.2) is 0 Å². The molecule has 0 aliphatic heterocycles. The molecule has 0 heterocycles. The van der Waals surface area contributed by atoms with Gasteiger partial charge in [0, 0.05) is 25.2 Å². The lowest BCUT2D eigenvalue weighted by Gasteiger charge is -2.36. The van der Waals surface area contributed by atoms with Gasteiger partial charge in [-0.05, 0) is 13.8 Å². The lowest BCUT2D eigenvalue weighted by molar-refractivity contribution is 0.0779. The van der Waals surface area contributed by atoms with Crippen LogP contribution in [0.4, 0.5) is 0 Å². The van der Waals surface area contributed by atoms with Gasteiger partial charge in [0.05, 0.1) is 13.2 Å². The molecule has 0 saturated carbocycles. The van der Waals surface area contributed by atoms with Crippen LogP contribution in [0.5, 0.6) is 0 Å². The van der Waals surface area contributed by atoms with Crippen molar-refractivity contribution in [2.45, 2.75) is 19.4 Å². The molecule has 0 atom stereocenters. The fourth-order valence-electron chi connectivity index (χ4n) is 1.09. The summed E-state index contributed by atoms with van der Waals surface area (Å²) < 4.78 is 0. The van der Waals surface area contributed by atoms with Crippen molar-refractivity contribution in [3.8, 4) is 0 Å². The van der Waals surface area contributed by atoms with E-state index in [4.69, 9.17) is 15.9 Å². The van der Waals surface area contributed by atoms with Crippen LogP contribution in [0.1, 0.15) is 13.8 Å². The maximum Gasteiger partial charge on any atom is 0.0558 e. The second kappa shape index (κ2) is 5.48. The zero-order valence-electron chi connectivity index (χ0n) is 7.95. The molecule has 4 N–H and O–H groups in total. The number of β-amino-alcohol motifs (C(OH)–C–C–N with tert-alkyl or cyclic N) is 2. The van der Waals surface area contributed by atoms with Crippen LogP contribution in [0.15, 0.2) is 0 Å². The first-order valence-corrected chi connectivity index (χ1v) is 4.25. The van der Waals surface area contributed by atoms with Crippen molar-refractivity contribution < 1.29 is 10.2 Å². The van der Waals surface area contributed by atoms with Gasteiger partial charge in [-0.2, -0.15) is 0 Å². The van der Waals surface area contributed by atoms with Crippen LogP contribution in [-0.4, -0.2) is 53.5 Å². The third-order valence-corrected chi connectivity index (χ3v) is 2.10. The Kier molecular flexibility index (Phi) is 5.41. The molecule has 0 aliphatic carbocycles. The fourth-order valence-corrected chi connectivity index (χ4v) is 1.09. The van der Waals surface area contributed by atoms with Crippen LogP contribution >= 0.6 is 0 Å². The molecule has 0 rings (SSSR count). The zero-order chi connectivity index (χ0) is 9.61. The van der Waals surface area contributed by atoms with Crippen molar-refractivity contribution in [1.29, 1.82) is 0 Å². The lowest BCUT2D eigenvalue weighted by atomic mass is 10.0. The average molecular weight is 176 g/mol. The fraction of sp³-hybridized carbons (Fsp3) is 1.00. The Morgan fingerprint density at radius 1 is 1.17 bits per heavy atom. The highest BCUT2D eigenvalue weighted by Crippen LogP contribution is 2.10. The summed E-state index contributed by atoms with van der Waals surface area (Å²) in [5, 5.41) is 17.5.